The Morgan fingerprint density at radius 2 is 2.33 bits per heavy atom. The highest BCUT2D eigenvalue weighted by molar-refractivity contribution is 7.13. The molecule has 2 rings (SSSR count). The van der Waals surface area contributed by atoms with Crippen LogP contribution in [0.3, 0.4) is 0 Å². The molecule has 0 aliphatic carbocycles. The van der Waals surface area contributed by atoms with E-state index >= 15 is 0 Å². The maximum atomic E-state index is 11.4. The number of amides is 1. The molecule has 0 fully saturated rings. The van der Waals surface area contributed by atoms with Crippen LogP contribution < -0.4 is 5.32 Å². The monoisotopic (exact) mass is 266 g/mol. The first kappa shape index (κ1) is 12.3. The predicted octanol–water partition coefficient (Wildman–Crippen LogP) is 1.15. The molecule has 0 aliphatic rings. The largest absolute Gasteiger partial charge is 0.480 e. The van der Waals surface area contributed by atoms with Crippen molar-refractivity contribution in [2.45, 2.75) is 6.42 Å². The number of aliphatic carboxylic acids is 1. The van der Waals surface area contributed by atoms with Gasteiger partial charge in [0.15, 0.2) is 10.8 Å². The first-order valence-electron chi connectivity index (χ1n) is 5.12. The van der Waals surface area contributed by atoms with Crippen LogP contribution in [-0.2, 0) is 16.0 Å². The van der Waals surface area contributed by atoms with Gasteiger partial charge in [0.05, 0.1) is 18.4 Å². The molecule has 2 N–H and O–H groups in total. The normalized spacial score (nSPS) is 10.2. The van der Waals surface area contributed by atoms with E-state index in [0.717, 1.165) is 0 Å². The number of nitrogens with zero attached hydrogens (tertiary/aromatic N) is 1. The van der Waals surface area contributed by atoms with Gasteiger partial charge in [0.25, 0.3) is 0 Å². The van der Waals surface area contributed by atoms with E-state index in [1.807, 2.05) is 0 Å². The van der Waals surface area contributed by atoms with Gasteiger partial charge in [0, 0.05) is 5.38 Å². The summed E-state index contributed by atoms with van der Waals surface area (Å²) in [5.41, 5.74) is 0.592. The number of carbonyl (C=O) groups is 2. The molecule has 18 heavy (non-hydrogen) atoms. The van der Waals surface area contributed by atoms with Gasteiger partial charge in [0.1, 0.15) is 6.54 Å². The average Bonchev–Trinajstić information content (AvgIpc) is 2.95. The molecule has 94 valence electrons. The molecular weight excluding hydrogens is 256 g/mol. The van der Waals surface area contributed by atoms with Crippen LogP contribution in [0.1, 0.15) is 5.69 Å². The Hall–Kier alpha value is -2.15. The van der Waals surface area contributed by atoms with E-state index in [1.54, 1.807) is 23.8 Å². The van der Waals surface area contributed by atoms with Crippen LogP contribution >= 0.6 is 11.3 Å². The fourth-order valence-corrected chi connectivity index (χ4v) is 2.09. The third-order valence-corrected chi connectivity index (χ3v) is 2.97. The first-order chi connectivity index (χ1) is 8.65. The smallest absolute Gasteiger partial charge is 0.322 e. The Morgan fingerprint density at radius 1 is 1.50 bits per heavy atom. The molecular formula is C11H10N2O4S. The number of nitrogens with one attached hydrogen (secondary N) is 1. The molecule has 2 aromatic heterocycles. The fraction of sp³-hybridized carbons (Fsp3) is 0.182. The molecule has 0 unspecified atom stereocenters. The van der Waals surface area contributed by atoms with Crippen molar-refractivity contribution < 1.29 is 19.1 Å². The second kappa shape index (κ2) is 5.46. The van der Waals surface area contributed by atoms with Gasteiger partial charge in [0.2, 0.25) is 5.91 Å². The van der Waals surface area contributed by atoms with Gasteiger partial charge in [-0.25, -0.2) is 4.98 Å². The van der Waals surface area contributed by atoms with Gasteiger partial charge in [-0.2, -0.15) is 0 Å². The van der Waals surface area contributed by atoms with E-state index in [0.29, 0.717) is 16.5 Å². The van der Waals surface area contributed by atoms with E-state index in [4.69, 9.17) is 9.52 Å². The Labute approximate surface area is 106 Å². The zero-order chi connectivity index (χ0) is 13.0. The van der Waals surface area contributed by atoms with Crippen LogP contribution in [0, 0.1) is 0 Å². The van der Waals surface area contributed by atoms with E-state index in [1.165, 1.54) is 11.3 Å². The molecule has 7 heteroatoms. The Bertz CT molecular complexity index is 547. The van der Waals surface area contributed by atoms with E-state index < -0.39 is 5.97 Å². The average molecular weight is 266 g/mol. The van der Waals surface area contributed by atoms with Gasteiger partial charge < -0.3 is 14.8 Å². The fourth-order valence-electron chi connectivity index (χ4n) is 1.30. The molecule has 0 spiro atoms. The lowest BCUT2D eigenvalue weighted by molar-refractivity contribution is -0.137. The molecule has 0 radical (unpaired) electrons. The third-order valence-electron chi connectivity index (χ3n) is 2.06. The lowest BCUT2D eigenvalue weighted by Gasteiger charge is -1.99. The van der Waals surface area contributed by atoms with Gasteiger partial charge in [-0.05, 0) is 12.1 Å². The Balaban J connectivity index is 1.95. The summed E-state index contributed by atoms with van der Waals surface area (Å²) in [6, 6.07) is 3.54. The number of rotatable bonds is 5. The van der Waals surface area contributed by atoms with Gasteiger partial charge in [-0.3, -0.25) is 9.59 Å². The molecule has 0 saturated carbocycles. The topological polar surface area (TPSA) is 92.4 Å². The summed E-state index contributed by atoms with van der Waals surface area (Å²) in [5, 5.41) is 13.1. The summed E-state index contributed by atoms with van der Waals surface area (Å²) < 4.78 is 5.19. The SMILES string of the molecule is O=C(O)CNC(=O)Cc1csc(-c2ccco2)n1. The number of hydrogen-bond acceptors (Lipinski definition) is 5. The maximum absolute atomic E-state index is 11.4. The molecule has 2 aromatic rings. The minimum absolute atomic E-state index is 0.0600. The number of furan rings is 1. The summed E-state index contributed by atoms with van der Waals surface area (Å²) >= 11 is 1.37. The summed E-state index contributed by atoms with van der Waals surface area (Å²) in [5.74, 6) is -0.788. The zero-order valence-corrected chi connectivity index (χ0v) is 10.1. The number of carbonyl (C=O) groups excluding carboxylic acids is 1. The van der Waals surface area contributed by atoms with Crippen LogP contribution in [0.25, 0.3) is 10.8 Å². The highest BCUT2D eigenvalue weighted by Gasteiger charge is 2.10. The quantitative estimate of drug-likeness (QED) is 0.846. The minimum Gasteiger partial charge on any atom is -0.480 e. The Kier molecular flexibility index (Phi) is 3.73. The number of thiazole rings is 1. The molecule has 1 amide bonds. The van der Waals surface area contributed by atoms with Crippen LogP contribution in [0.5, 0.6) is 0 Å². The first-order valence-corrected chi connectivity index (χ1v) is 6.00. The maximum Gasteiger partial charge on any atom is 0.322 e. The van der Waals surface area contributed by atoms with Crippen molar-refractivity contribution in [3.63, 3.8) is 0 Å². The van der Waals surface area contributed by atoms with E-state index in [-0.39, 0.29) is 18.9 Å². The second-order valence-electron chi connectivity index (χ2n) is 3.47. The molecule has 0 bridgehead atoms. The molecule has 0 saturated heterocycles. The lowest BCUT2D eigenvalue weighted by Crippen LogP contribution is -2.30. The van der Waals surface area contributed by atoms with Crippen molar-refractivity contribution in [3.05, 3.63) is 29.5 Å². The van der Waals surface area contributed by atoms with Crippen molar-refractivity contribution in [1.82, 2.24) is 10.3 Å². The highest BCUT2D eigenvalue weighted by Crippen LogP contribution is 2.23. The number of hydrogen-bond donors (Lipinski definition) is 2. The van der Waals surface area contributed by atoms with Crippen LogP contribution in [0.2, 0.25) is 0 Å². The van der Waals surface area contributed by atoms with Crippen molar-refractivity contribution in [2.24, 2.45) is 0 Å². The molecule has 0 aromatic carbocycles. The second-order valence-corrected chi connectivity index (χ2v) is 4.33. The zero-order valence-electron chi connectivity index (χ0n) is 9.25. The molecule has 0 atom stereocenters. The lowest BCUT2D eigenvalue weighted by atomic mass is 10.3. The van der Waals surface area contributed by atoms with Gasteiger partial charge in [-0.1, -0.05) is 0 Å². The van der Waals surface area contributed by atoms with Gasteiger partial charge >= 0.3 is 5.97 Å². The van der Waals surface area contributed by atoms with Crippen molar-refractivity contribution in [3.8, 4) is 10.8 Å². The summed E-state index contributed by atoms with van der Waals surface area (Å²) in [4.78, 5) is 25.9. The third kappa shape index (κ3) is 3.17. The molecule has 0 aliphatic heterocycles. The number of carboxylic acids is 1. The van der Waals surface area contributed by atoms with Crippen molar-refractivity contribution in [1.29, 1.82) is 0 Å². The van der Waals surface area contributed by atoms with Crippen LogP contribution in [0.15, 0.2) is 28.2 Å². The Morgan fingerprint density at radius 3 is 3.00 bits per heavy atom. The number of carboxylic acid groups (broad SMARTS) is 1. The summed E-state index contributed by atoms with van der Waals surface area (Å²) in [7, 11) is 0. The predicted molar refractivity (Wildman–Crippen MR) is 64.2 cm³/mol. The van der Waals surface area contributed by atoms with E-state index in [2.05, 4.69) is 10.3 Å². The summed E-state index contributed by atoms with van der Waals surface area (Å²) in [6.07, 6.45) is 1.61. The van der Waals surface area contributed by atoms with Crippen LogP contribution in [-0.4, -0.2) is 28.5 Å². The minimum atomic E-state index is -1.07. The van der Waals surface area contributed by atoms with Crippen LogP contribution in [0.4, 0.5) is 0 Å². The number of aromatic nitrogens is 1. The van der Waals surface area contributed by atoms with E-state index in [9.17, 15) is 9.59 Å². The highest BCUT2D eigenvalue weighted by atomic mass is 32.1. The van der Waals surface area contributed by atoms with Gasteiger partial charge in [-0.15, -0.1) is 11.3 Å². The molecule has 2 heterocycles. The van der Waals surface area contributed by atoms with Crippen molar-refractivity contribution >= 4 is 23.2 Å². The standard InChI is InChI=1S/C11H10N2O4S/c14-9(12-5-10(15)16)4-7-6-18-11(13-7)8-2-1-3-17-8/h1-3,6H,4-5H2,(H,12,14)(H,15,16). The van der Waals surface area contributed by atoms with Crippen molar-refractivity contribution in [2.75, 3.05) is 6.54 Å². The molecule has 6 nitrogen and oxygen atoms in total. The summed E-state index contributed by atoms with van der Waals surface area (Å²) in [6.45, 7) is -0.381.